The van der Waals surface area contributed by atoms with Gasteiger partial charge in [0.1, 0.15) is 6.61 Å². The van der Waals surface area contributed by atoms with Crippen molar-refractivity contribution < 1.29 is 14.3 Å². The molecular formula is C15H15ClN2O3. The number of urea groups is 1. The topological polar surface area (TPSA) is 67.4 Å². The summed E-state index contributed by atoms with van der Waals surface area (Å²) in [6, 6.07) is 5.99. The number of hydrogen-bond donors (Lipinski definition) is 2. The minimum absolute atomic E-state index is 0.103. The zero-order chi connectivity index (χ0) is 15.4. The van der Waals surface area contributed by atoms with Gasteiger partial charge in [-0.15, -0.1) is 0 Å². The third-order valence-corrected chi connectivity index (χ3v) is 3.24. The Bertz CT molecular complexity index is 625. The number of amides is 2. The van der Waals surface area contributed by atoms with E-state index >= 15 is 0 Å². The number of nitrogens with one attached hydrogen (secondary N) is 2. The quantitative estimate of drug-likeness (QED) is 0.664. The van der Waals surface area contributed by atoms with Crippen molar-refractivity contribution in [3.05, 3.63) is 58.8 Å². The Hall–Kier alpha value is -2.27. The highest BCUT2D eigenvalue weighted by molar-refractivity contribution is 6.30. The molecule has 1 aliphatic rings. The summed E-state index contributed by atoms with van der Waals surface area (Å²) in [6.07, 6.45) is 1.48. The fraction of sp³-hybridized carbons (Fsp3) is 0.200. The van der Waals surface area contributed by atoms with E-state index in [0.717, 1.165) is 0 Å². The van der Waals surface area contributed by atoms with Crippen molar-refractivity contribution in [2.75, 3.05) is 6.61 Å². The van der Waals surface area contributed by atoms with Crippen molar-refractivity contribution in [1.29, 1.82) is 0 Å². The summed E-state index contributed by atoms with van der Waals surface area (Å²) in [5.74, 6) is -0.509. The van der Waals surface area contributed by atoms with E-state index in [-0.39, 0.29) is 12.6 Å². The van der Waals surface area contributed by atoms with Crippen molar-refractivity contribution in [3.8, 4) is 0 Å². The fourth-order valence-corrected chi connectivity index (χ4v) is 2.31. The first-order chi connectivity index (χ1) is 10.0. The third-order valence-electron chi connectivity index (χ3n) is 3.00. The predicted octanol–water partition coefficient (Wildman–Crippen LogP) is 2.70. The number of carbonyl (C=O) groups excluding carboxylic acids is 2. The number of halogens is 1. The average molecular weight is 307 g/mol. The van der Waals surface area contributed by atoms with E-state index in [9.17, 15) is 9.59 Å². The van der Waals surface area contributed by atoms with Gasteiger partial charge >= 0.3 is 12.0 Å². The van der Waals surface area contributed by atoms with E-state index < -0.39 is 12.0 Å². The van der Waals surface area contributed by atoms with E-state index in [0.29, 0.717) is 21.9 Å². The van der Waals surface area contributed by atoms with Crippen molar-refractivity contribution >= 4 is 23.6 Å². The van der Waals surface area contributed by atoms with Crippen molar-refractivity contribution in [2.24, 2.45) is 0 Å². The Morgan fingerprint density at radius 3 is 2.95 bits per heavy atom. The molecule has 0 spiro atoms. The number of carbonyl (C=O) groups is 2. The summed E-state index contributed by atoms with van der Waals surface area (Å²) < 4.78 is 5.08. The van der Waals surface area contributed by atoms with Crippen molar-refractivity contribution in [2.45, 2.75) is 13.0 Å². The van der Waals surface area contributed by atoms with Crippen LogP contribution in [0.2, 0.25) is 5.02 Å². The van der Waals surface area contributed by atoms with Crippen LogP contribution in [0.5, 0.6) is 0 Å². The maximum atomic E-state index is 12.2. The van der Waals surface area contributed by atoms with Gasteiger partial charge in [-0.3, -0.25) is 0 Å². The summed E-state index contributed by atoms with van der Waals surface area (Å²) in [7, 11) is 0. The van der Waals surface area contributed by atoms with Gasteiger partial charge in [-0.25, -0.2) is 9.59 Å². The molecule has 0 saturated carbocycles. The van der Waals surface area contributed by atoms with Crippen LogP contribution in [-0.4, -0.2) is 18.6 Å². The van der Waals surface area contributed by atoms with Crippen LogP contribution in [0.25, 0.3) is 0 Å². The zero-order valence-corrected chi connectivity index (χ0v) is 12.2. The molecule has 2 amide bonds. The van der Waals surface area contributed by atoms with Crippen LogP contribution in [0.15, 0.2) is 48.2 Å². The Balaban J connectivity index is 2.40. The normalized spacial score (nSPS) is 17.8. The molecule has 1 heterocycles. The molecule has 1 aliphatic heterocycles. The summed E-state index contributed by atoms with van der Waals surface area (Å²) in [5.41, 5.74) is 1.51. The predicted molar refractivity (Wildman–Crippen MR) is 79.7 cm³/mol. The number of ether oxygens (including phenoxy) is 1. The van der Waals surface area contributed by atoms with Gasteiger partial charge in [0.25, 0.3) is 0 Å². The molecule has 2 rings (SSSR count). The average Bonchev–Trinajstić information content (AvgIpc) is 2.44. The molecule has 1 aromatic rings. The maximum Gasteiger partial charge on any atom is 0.338 e. The van der Waals surface area contributed by atoms with Crippen LogP contribution in [0.4, 0.5) is 4.79 Å². The Labute approximate surface area is 127 Å². The molecule has 0 aliphatic carbocycles. The van der Waals surface area contributed by atoms with Crippen LogP contribution in [0.1, 0.15) is 18.5 Å². The Kier molecular flexibility index (Phi) is 4.65. The van der Waals surface area contributed by atoms with Crippen molar-refractivity contribution in [3.63, 3.8) is 0 Å². The number of benzene rings is 1. The fourth-order valence-electron chi connectivity index (χ4n) is 2.11. The highest BCUT2D eigenvalue weighted by Crippen LogP contribution is 2.28. The highest BCUT2D eigenvalue weighted by Gasteiger charge is 2.32. The van der Waals surface area contributed by atoms with Gasteiger partial charge in [0.15, 0.2) is 0 Å². The lowest BCUT2D eigenvalue weighted by molar-refractivity contribution is -0.138. The van der Waals surface area contributed by atoms with E-state index in [4.69, 9.17) is 16.3 Å². The molecule has 21 heavy (non-hydrogen) atoms. The molecule has 0 aromatic heterocycles. The summed E-state index contributed by atoms with van der Waals surface area (Å²) in [4.78, 5) is 23.9. The van der Waals surface area contributed by atoms with E-state index in [2.05, 4.69) is 17.2 Å². The summed E-state index contributed by atoms with van der Waals surface area (Å²) in [5, 5.41) is 5.80. The molecule has 1 aromatic carbocycles. The standard InChI is InChI=1S/C15H15ClN2O3/c1-3-7-21-14(19)12-9(2)17-15(20)18-13(12)10-5-4-6-11(16)8-10/h3-6,8,13H,1,7H2,2H3,(H2,17,18,20)/t13-/m1/s1. The van der Waals surface area contributed by atoms with Crippen LogP contribution < -0.4 is 10.6 Å². The second kappa shape index (κ2) is 6.45. The first kappa shape index (κ1) is 15.1. The number of hydrogen-bond acceptors (Lipinski definition) is 3. The molecule has 0 unspecified atom stereocenters. The first-order valence-corrected chi connectivity index (χ1v) is 6.72. The molecule has 0 radical (unpaired) electrons. The number of allylic oxidation sites excluding steroid dienone is 1. The minimum atomic E-state index is -0.602. The van der Waals surface area contributed by atoms with E-state index in [1.54, 1.807) is 31.2 Å². The lowest BCUT2D eigenvalue weighted by Gasteiger charge is -2.28. The highest BCUT2D eigenvalue weighted by atomic mass is 35.5. The molecule has 6 heteroatoms. The number of esters is 1. The van der Waals surface area contributed by atoms with Crippen LogP contribution >= 0.6 is 11.6 Å². The second-order valence-corrected chi connectivity index (χ2v) is 4.95. The Morgan fingerprint density at radius 1 is 1.52 bits per heavy atom. The molecule has 0 fully saturated rings. The van der Waals surface area contributed by atoms with Gasteiger partial charge in [0, 0.05) is 10.7 Å². The largest absolute Gasteiger partial charge is 0.458 e. The maximum absolute atomic E-state index is 12.2. The lowest BCUT2D eigenvalue weighted by Crippen LogP contribution is -2.45. The lowest BCUT2D eigenvalue weighted by atomic mass is 9.95. The van der Waals surface area contributed by atoms with Gasteiger partial charge in [-0.2, -0.15) is 0 Å². The minimum Gasteiger partial charge on any atom is -0.458 e. The molecular weight excluding hydrogens is 292 g/mol. The monoisotopic (exact) mass is 306 g/mol. The molecule has 110 valence electrons. The molecule has 2 N–H and O–H groups in total. The third kappa shape index (κ3) is 3.44. The van der Waals surface area contributed by atoms with Crippen LogP contribution in [-0.2, 0) is 9.53 Å². The second-order valence-electron chi connectivity index (χ2n) is 4.51. The smallest absolute Gasteiger partial charge is 0.338 e. The van der Waals surface area contributed by atoms with Gasteiger partial charge in [-0.1, -0.05) is 36.4 Å². The van der Waals surface area contributed by atoms with Gasteiger partial charge < -0.3 is 15.4 Å². The van der Waals surface area contributed by atoms with Crippen LogP contribution in [0, 0.1) is 0 Å². The van der Waals surface area contributed by atoms with E-state index in [1.807, 2.05) is 0 Å². The van der Waals surface area contributed by atoms with Gasteiger partial charge in [-0.05, 0) is 24.6 Å². The summed E-state index contributed by atoms with van der Waals surface area (Å²) in [6.45, 7) is 5.26. The molecule has 5 nitrogen and oxygen atoms in total. The molecule has 0 saturated heterocycles. The zero-order valence-electron chi connectivity index (χ0n) is 11.5. The van der Waals surface area contributed by atoms with E-state index in [1.165, 1.54) is 6.08 Å². The van der Waals surface area contributed by atoms with Gasteiger partial charge in [0.05, 0.1) is 11.6 Å². The molecule has 0 bridgehead atoms. The van der Waals surface area contributed by atoms with Crippen molar-refractivity contribution in [1.82, 2.24) is 10.6 Å². The summed E-state index contributed by atoms with van der Waals surface area (Å²) >= 11 is 5.97. The first-order valence-electron chi connectivity index (χ1n) is 6.34. The van der Waals surface area contributed by atoms with Crippen LogP contribution in [0.3, 0.4) is 0 Å². The van der Waals surface area contributed by atoms with Gasteiger partial charge in [0.2, 0.25) is 0 Å². The Morgan fingerprint density at radius 2 is 2.29 bits per heavy atom. The number of rotatable bonds is 4. The molecule has 1 atom stereocenters. The SMILES string of the molecule is C=CCOC(=O)C1=C(C)NC(=O)N[C@@H]1c1cccc(Cl)c1.